The molecular formula is C28H32F3N3O2. The van der Waals surface area contributed by atoms with Gasteiger partial charge < -0.3 is 19.7 Å². The predicted molar refractivity (Wildman–Crippen MR) is 133 cm³/mol. The number of hydrogen-bond acceptors (Lipinski definition) is 4. The number of aliphatic hydroxyl groups is 1. The van der Waals surface area contributed by atoms with E-state index in [2.05, 4.69) is 49.9 Å². The Morgan fingerprint density at radius 1 is 1.11 bits per heavy atom. The monoisotopic (exact) mass is 499 g/mol. The van der Waals surface area contributed by atoms with Crippen molar-refractivity contribution < 1.29 is 23.0 Å². The van der Waals surface area contributed by atoms with Crippen molar-refractivity contribution >= 4 is 16.6 Å². The van der Waals surface area contributed by atoms with Crippen LogP contribution in [0.1, 0.15) is 43.5 Å². The lowest BCUT2D eigenvalue weighted by molar-refractivity contribution is -0.274. The van der Waals surface area contributed by atoms with Crippen molar-refractivity contribution in [1.82, 2.24) is 14.9 Å². The van der Waals surface area contributed by atoms with Gasteiger partial charge in [0.2, 0.25) is 0 Å². The second-order valence-electron chi connectivity index (χ2n) is 10.2. The van der Waals surface area contributed by atoms with Gasteiger partial charge >= 0.3 is 6.36 Å². The number of benzene rings is 2. The van der Waals surface area contributed by atoms with Gasteiger partial charge in [0.1, 0.15) is 11.3 Å². The molecular weight excluding hydrogens is 467 g/mol. The molecule has 2 N–H and O–H groups in total. The number of aromatic nitrogens is 2. The van der Waals surface area contributed by atoms with E-state index in [1.807, 2.05) is 13.1 Å². The summed E-state index contributed by atoms with van der Waals surface area (Å²) in [6, 6.07) is 15.0. The number of nitrogens with one attached hydrogen (secondary N) is 1. The lowest BCUT2D eigenvalue weighted by atomic mass is 9.61. The zero-order valence-corrected chi connectivity index (χ0v) is 20.4. The SMILES string of the molecule is CN(CCCc1nc2c(OC(F)(F)F)cccc2[nH]1)CC[C@@]1(O)C[C@@H]2CC[C@H]1C=C2c1ccccc1. The van der Waals surface area contributed by atoms with Crippen molar-refractivity contribution in [2.75, 3.05) is 20.1 Å². The molecule has 3 aliphatic carbocycles. The summed E-state index contributed by atoms with van der Waals surface area (Å²) in [5.74, 6) is 0.944. The molecule has 192 valence electrons. The van der Waals surface area contributed by atoms with Crippen LogP contribution in [0.5, 0.6) is 5.75 Å². The average Bonchev–Trinajstić information content (AvgIpc) is 3.27. The fourth-order valence-corrected chi connectivity index (χ4v) is 5.83. The first kappa shape index (κ1) is 24.8. The molecule has 1 heterocycles. The van der Waals surface area contributed by atoms with Crippen molar-refractivity contribution in [1.29, 1.82) is 0 Å². The van der Waals surface area contributed by atoms with E-state index in [0.29, 0.717) is 23.7 Å². The lowest BCUT2D eigenvalue weighted by Gasteiger charge is -2.48. The quantitative estimate of drug-likeness (QED) is 0.381. The maximum absolute atomic E-state index is 12.7. The molecule has 0 unspecified atom stereocenters. The first-order chi connectivity index (χ1) is 17.2. The molecule has 3 aromatic rings. The van der Waals surface area contributed by atoms with E-state index in [1.54, 1.807) is 6.07 Å². The first-order valence-corrected chi connectivity index (χ1v) is 12.6. The summed E-state index contributed by atoms with van der Waals surface area (Å²) in [5.41, 5.74) is 2.71. The van der Waals surface area contributed by atoms with Crippen LogP contribution in [0.3, 0.4) is 0 Å². The smallest absolute Gasteiger partial charge is 0.403 e. The molecule has 0 spiro atoms. The number of halogens is 3. The molecule has 0 amide bonds. The maximum atomic E-state index is 12.7. The molecule has 2 bridgehead atoms. The minimum atomic E-state index is -4.75. The third-order valence-electron chi connectivity index (χ3n) is 7.67. The number of ether oxygens (including phenoxy) is 1. The van der Waals surface area contributed by atoms with Crippen LogP contribution in [0.4, 0.5) is 13.2 Å². The van der Waals surface area contributed by atoms with Crippen molar-refractivity contribution in [3.8, 4) is 5.75 Å². The van der Waals surface area contributed by atoms with Crippen LogP contribution >= 0.6 is 0 Å². The molecule has 36 heavy (non-hydrogen) atoms. The summed E-state index contributed by atoms with van der Waals surface area (Å²) >= 11 is 0. The Balaban J connectivity index is 1.13. The molecule has 5 nitrogen and oxygen atoms in total. The highest BCUT2D eigenvalue weighted by molar-refractivity contribution is 5.81. The van der Waals surface area contributed by atoms with Gasteiger partial charge in [-0.15, -0.1) is 13.2 Å². The van der Waals surface area contributed by atoms with Crippen molar-refractivity contribution in [3.05, 3.63) is 66.0 Å². The molecule has 0 radical (unpaired) electrons. The van der Waals surface area contributed by atoms with E-state index in [1.165, 1.54) is 23.3 Å². The fourth-order valence-electron chi connectivity index (χ4n) is 5.83. The van der Waals surface area contributed by atoms with Crippen LogP contribution in [0.25, 0.3) is 16.6 Å². The maximum Gasteiger partial charge on any atom is 0.573 e. The van der Waals surface area contributed by atoms with Gasteiger partial charge in [0.25, 0.3) is 0 Å². The highest BCUT2D eigenvalue weighted by Gasteiger charge is 2.46. The van der Waals surface area contributed by atoms with Crippen LogP contribution in [-0.4, -0.2) is 52.1 Å². The van der Waals surface area contributed by atoms with Crippen molar-refractivity contribution in [2.45, 2.75) is 50.5 Å². The van der Waals surface area contributed by atoms with Gasteiger partial charge in [-0.05, 0) is 74.9 Å². The summed E-state index contributed by atoms with van der Waals surface area (Å²) in [6.07, 6.45) is 2.68. The number of aromatic amines is 1. The van der Waals surface area contributed by atoms with Crippen molar-refractivity contribution in [2.24, 2.45) is 11.8 Å². The van der Waals surface area contributed by atoms with Gasteiger partial charge in [-0.3, -0.25) is 0 Å². The largest absolute Gasteiger partial charge is 0.573 e. The Bertz CT molecular complexity index is 1220. The Morgan fingerprint density at radius 3 is 2.64 bits per heavy atom. The zero-order chi connectivity index (χ0) is 25.3. The Labute approximate surface area is 209 Å². The lowest BCUT2D eigenvalue weighted by Crippen LogP contribution is -2.48. The number of alkyl halides is 3. The number of aryl methyl sites for hydroxylation is 1. The number of para-hydroxylation sites is 1. The fraction of sp³-hybridized carbons (Fsp3) is 0.464. The predicted octanol–water partition coefficient (Wildman–Crippen LogP) is 5.96. The molecule has 6 rings (SSSR count). The van der Waals surface area contributed by atoms with Gasteiger partial charge in [-0.1, -0.05) is 42.5 Å². The number of hydrogen-bond donors (Lipinski definition) is 2. The Hall–Kier alpha value is -2.84. The van der Waals surface area contributed by atoms with Crippen LogP contribution < -0.4 is 4.74 Å². The first-order valence-electron chi connectivity index (χ1n) is 12.6. The summed E-state index contributed by atoms with van der Waals surface area (Å²) in [6.45, 7) is 1.59. The molecule has 3 aliphatic rings. The number of fused-ring (bicyclic) bond motifs is 3. The van der Waals surface area contributed by atoms with E-state index >= 15 is 0 Å². The highest BCUT2D eigenvalue weighted by Crippen LogP contribution is 2.51. The molecule has 0 aliphatic heterocycles. The number of imidazole rings is 1. The molecule has 1 fully saturated rings. The van der Waals surface area contributed by atoms with Crippen molar-refractivity contribution in [3.63, 3.8) is 0 Å². The van der Waals surface area contributed by atoms with Crippen LogP contribution in [0, 0.1) is 11.8 Å². The summed E-state index contributed by atoms with van der Waals surface area (Å²) in [5, 5.41) is 11.5. The second kappa shape index (κ2) is 9.90. The average molecular weight is 500 g/mol. The molecule has 1 aromatic heterocycles. The van der Waals surface area contributed by atoms with E-state index in [-0.39, 0.29) is 17.2 Å². The Morgan fingerprint density at radius 2 is 1.92 bits per heavy atom. The molecule has 0 saturated heterocycles. The van der Waals surface area contributed by atoms with Crippen LogP contribution in [0.15, 0.2) is 54.6 Å². The Kier molecular flexibility index (Phi) is 6.83. The summed E-state index contributed by atoms with van der Waals surface area (Å²) in [7, 11) is 2.05. The van der Waals surface area contributed by atoms with Crippen LogP contribution in [-0.2, 0) is 6.42 Å². The zero-order valence-electron chi connectivity index (χ0n) is 20.4. The van der Waals surface area contributed by atoms with Gasteiger partial charge in [0.15, 0.2) is 5.75 Å². The van der Waals surface area contributed by atoms with E-state index < -0.39 is 12.0 Å². The normalized spacial score (nSPS) is 23.9. The number of H-pyrrole nitrogens is 1. The second-order valence-corrected chi connectivity index (χ2v) is 10.2. The van der Waals surface area contributed by atoms with E-state index in [9.17, 15) is 18.3 Å². The van der Waals surface area contributed by atoms with Crippen LogP contribution in [0.2, 0.25) is 0 Å². The molecule has 3 atom stereocenters. The third kappa shape index (κ3) is 5.44. The minimum Gasteiger partial charge on any atom is -0.403 e. The highest BCUT2D eigenvalue weighted by atomic mass is 19.4. The molecule has 1 saturated carbocycles. The third-order valence-corrected chi connectivity index (χ3v) is 7.67. The standard InChI is InChI=1S/C28H32F3N3O2/c1-34(15-6-11-25-32-23-9-5-10-24(26(23)33-25)36-28(29,30)31)16-14-27(35)18-20-12-13-21(27)17-22(20)19-7-3-2-4-8-19/h2-5,7-10,17,20-21,35H,6,11-16,18H2,1H3,(H,32,33)/t20-,21-,27+/m0/s1. The summed E-state index contributed by atoms with van der Waals surface area (Å²) < 4.78 is 42.1. The number of allylic oxidation sites excluding steroid dienone is 1. The van der Waals surface area contributed by atoms with Gasteiger partial charge in [-0.2, -0.15) is 0 Å². The number of nitrogens with zero attached hydrogens (tertiary/aromatic N) is 2. The van der Waals surface area contributed by atoms with Gasteiger partial charge in [0.05, 0.1) is 11.1 Å². The van der Waals surface area contributed by atoms with E-state index in [4.69, 9.17) is 0 Å². The van der Waals surface area contributed by atoms with Gasteiger partial charge in [-0.25, -0.2) is 4.98 Å². The summed E-state index contributed by atoms with van der Waals surface area (Å²) in [4.78, 5) is 9.65. The molecule has 8 heteroatoms. The topological polar surface area (TPSA) is 61.4 Å². The van der Waals surface area contributed by atoms with Gasteiger partial charge in [0, 0.05) is 18.9 Å². The minimum absolute atomic E-state index is 0.190. The van der Waals surface area contributed by atoms with E-state index in [0.717, 1.165) is 45.2 Å². The molecule has 2 aromatic carbocycles. The number of rotatable bonds is 9.